The summed E-state index contributed by atoms with van der Waals surface area (Å²) in [6.45, 7) is 4.03. The van der Waals surface area contributed by atoms with E-state index in [0.717, 1.165) is 25.7 Å². The van der Waals surface area contributed by atoms with Crippen LogP contribution in [0.25, 0.3) is 0 Å². The molecule has 5 heteroatoms. The maximum atomic E-state index is 12.9. The Morgan fingerprint density at radius 3 is 2.20 bits per heavy atom. The summed E-state index contributed by atoms with van der Waals surface area (Å²) in [6.07, 6.45) is 3.93. The maximum absolute atomic E-state index is 12.9. The molecule has 2 atom stereocenters. The first-order valence-corrected chi connectivity index (χ1v) is 8.38. The summed E-state index contributed by atoms with van der Waals surface area (Å²) in [5.74, 6) is 0.283. The highest BCUT2D eigenvalue weighted by atomic mass is 32.2. The topological polar surface area (TPSA) is 46.2 Å². The number of hydrogen-bond acceptors (Lipinski definition) is 2. The van der Waals surface area contributed by atoms with Crippen molar-refractivity contribution in [3.63, 3.8) is 0 Å². The molecule has 20 heavy (non-hydrogen) atoms. The van der Waals surface area contributed by atoms with Crippen LogP contribution in [0.1, 0.15) is 25.7 Å². The molecule has 0 spiro atoms. The molecule has 3 rings (SSSR count). The Labute approximate surface area is 118 Å². The molecule has 3 nitrogen and oxygen atoms in total. The van der Waals surface area contributed by atoms with Crippen molar-refractivity contribution in [1.29, 1.82) is 0 Å². The first kappa shape index (κ1) is 13.8. The van der Waals surface area contributed by atoms with Crippen LogP contribution < -0.4 is 4.72 Å². The number of halogens is 1. The average molecular weight is 295 g/mol. The van der Waals surface area contributed by atoms with Crippen molar-refractivity contribution in [1.82, 2.24) is 4.72 Å². The number of benzene rings is 1. The third-order valence-corrected chi connectivity index (χ3v) is 5.92. The molecule has 2 fully saturated rings. The van der Waals surface area contributed by atoms with E-state index in [4.69, 9.17) is 0 Å². The average Bonchev–Trinajstić information content (AvgIpc) is 2.62. The van der Waals surface area contributed by atoms with E-state index in [2.05, 4.69) is 11.3 Å². The number of fused-ring (bicyclic) bond motifs is 2. The standard InChI is InChI=1S/C15H18FNO2S/c1-10-8-11-2-3-12(9-10)15(11)17-20(18,19)14-6-4-13(16)5-7-14/h4-7,11-12,15,17H,1-3,8-9H2. The van der Waals surface area contributed by atoms with E-state index in [1.165, 1.54) is 29.8 Å². The fourth-order valence-corrected chi connectivity index (χ4v) is 4.88. The van der Waals surface area contributed by atoms with E-state index in [1.54, 1.807) is 0 Å². The van der Waals surface area contributed by atoms with Gasteiger partial charge in [0.05, 0.1) is 4.90 Å². The van der Waals surface area contributed by atoms with Gasteiger partial charge in [0.1, 0.15) is 5.82 Å². The van der Waals surface area contributed by atoms with Gasteiger partial charge in [-0.2, -0.15) is 0 Å². The van der Waals surface area contributed by atoms with E-state index in [1.807, 2.05) is 0 Å². The molecule has 2 bridgehead atoms. The lowest BCUT2D eigenvalue weighted by molar-refractivity contribution is 0.332. The van der Waals surface area contributed by atoms with Crippen LogP contribution in [0.15, 0.2) is 41.3 Å². The quantitative estimate of drug-likeness (QED) is 0.872. The zero-order chi connectivity index (χ0) is 14.3. The minimum absolute atomic E-state index is 0.00412. The largest absolute Gasteiger partial charge is 0.240 e. The molecule has 0 aromatic heterocycles. The number of sulfonamides is 1. The molecule has 0 saturated heterocycles. The molecular weight excluding hydrogens is 277 g/mol. The zero-order valence-corrected chi connectivity index (χ0v) is 12.0. The van der Waals surface area contributed by atoms with Gasteiger partial charge in [0.25, 0.3) is 0 Å². The molecule has 1 aromatic carbocycles. The van der Waals surface area contributed by atoms with Crippen molar-refractivity contribution in [2.45, 2.75) is 36.6 Å². The Kier molecular flexibility index (Phi) is 3.42. The van der Waals surface area contributed by atoms with Gasteiger partial charge in [-0.3, -0.25) is 0 Å². The molecule has 1 N–H and O–H groups in total. The van der Waals surface area contributed by atoms with Crippen LogP contribution in [-0.2, 0) is 10.0 Å². The second-order valence-corrected chi connectivity index (χ2v) is 7.57. The van der Waals surface area contributed by atoms with Crippen molar-refractivity contribution < 1.29 is 12.8 Å². The SMILES string of the molecule is C=C1CC2CCC(C1)C2NS(=O)(=O)c1ccc(F)cc1. The van der Waals surface area contributed by atoms with E-state index in [-0.39, 0.29) is 10.9 Å². The van der Waals surface area contributed by atoms with Crippen LogP contribution in [-0.4, -0.2) is 14.5 Å². The van der Waals surface area contributed by atoms with Crippen LogP contribution in [0.3, 0.4) is 0 Å². The monoisotopic (exact) mass is 295 g/mol. The molecule has 0 amide bonds. The van der Waals surface area contributed by atoms with E-state index >= 15 is 0 Å². The van der Waals surface area contributed by atoms with Gasteiger partial charge in [0, 0.05) is 6.04 Å². The van der Waals surface area contributed by atoms with Gasteiger partial charge in [-0.1, -0.05) is 12.2 Å². The van der Waals surface area contributed by atoms with Crippen molar-refractivity contribution in [3.8, 4) is 0 Å². The van der Waals surface area contributed by atoms with Crippen molar-refractivity contribution in [2.24, 2.45) is 11.8 Å². The van der Waals surface area contributed by atoms with Crippen LogP contribution in [0.2, 0.25) is 0 Å². The van der Waals surface area contributed by atoms with Crippen LogP contribution in [0, 0.1) is 17.7 Å². The van der Waals surface area contributed by atoms with Gasteiger partial charge in [-0.05, 0) is 61.8 Å². The molecule has 0 radical (unpaired) electrons. The predicted molar refractivity (Wildman–Crippen MR) is 75.1 cm³/mol. The summed E-state index contributed by atoms with van der Waals surface area (Å²) in [4.78, 5) is 0.128. The normalized spacial score (nSPS) is 29.6. The Morgan fingerprint density at radius 1 is 1.10 bits per heavy atom. The van der Waals surface area contributed by atoms with Gasteiger partial charge in [-0.25, -0.2) is 17.5 Å². The van der Waals surface area contributed by atoms with Gasteiger partial charge in [-0.15, -0.1) is 0 Å². The van der Waals surface area contributed by atoms with Gasteiger partial charge in [0.15, 0.2) is 0 Å². The summed E-state index contributed by atoms with van der Waals surface area (Å²) in [7, 11) is -3.57. The molecular formula is C15H18FNO2S. The highest BCUT2D eigenvalue weighted by Crippen LogP contribution is 2.44. The summed E-state index contributed by atoms with van der Waals surface area (Å²) in [5.41, 5.74) is 1.23. The van der Waals surface area contributed by atoms with Crippen LogP contribution in [0.4, 0.5) is 4.39 Å². The lowest BCUT2D eigenvalue weighted by Crippen LogP contribution is -2.43. The second-order valence-electron chi connectivity index (χ2n) is 5.86. The van der Waals surface area contributed by atoms with Crippen LogP contribution >= 0.6 is 0 Å². The minimum Gasteiger partial charge on any atom is -0.207 e. The van der Waals surface area contributed by atoms with Crippen molar-refractivity contribution in [2.75, 3.05) is 0 Å². The summed E-state index contributed by atoms with van der Waals surface area (Å²) in [6, 6.07) is 4.95. The fourth-order valence-electron chi connectivity index (χ4n) is 3.51. The highest BCUT2D eigenvalue weighted by Gasteiger charge is 2.42. The van der Waals surface area contributed by atoms with E-state index in [9.17, 15) is 12.8 Å². The first-order valence-electron chi connectivity index (χ1n) is 6.90. The molecule has 0 aliphatic heterocycles. The molecule has 108 valence electrons. The lowest BCUT2D eigenvalue weighted by Gasteiger charge is -2.31. The number of hydrogen-bond donors (Lipinski definition) is 1. The summed E-state index contributed by atoms with van der Waals surface area (Å²) < 4.78 is 40.4. The lowest BCUT2D eigenvalue weighted by atomic mass is 9.82. The van der Waals surface area contributed by atoms with E-state index < -0.39 is 15.8 Å². The third-order valence-electron chi connectivity index (χ3n) is 4.44. The highest BCUT2D eigenvalue weighted by molar-refractivity contribution is 7.89. The molecule has 2 saturated carbocycles. The number of allylic oxidation sites excluding steroid dienone is 1. The minimum atomic E-state index is -3.57. The van der Waals surface area contributed by atoms with Crippen molar-refractivity contribution >= 4 is 10.0 Å². The zero-order valence-electron chi connectivity index (χ0n) is 11.2. The fraction of sp³-hybridized carbons (Fsp3) is 0.467. The Balaban J connectivity index is 1.80. The molecule has 2 aliphatic carbocycles. The summed E-state index contributed by atoms with van der Waals surface area (Å²) >= 11 is 0. The Hall–Kier alpha value is -1.20. The maximum Gasteiger partial charge on any atom is 0.240 e. The first-order chi connectivity index (χ1) is 9.45. The molecule has 0 heterocycles. The smallest absolute Gasteiger partial charge is 0.207 e. The van der Waals surface area contributed by atoms with Gasteiger partial charge in [0.2, 0.25) is 10.0 Å². The second kappa shape index (κ2) is 4.97. The predicted octanol–water partition coefficient (Wildman–Crippen LogP) is 2.85. The molecule has 1 aromatic rings. The third kappa shape index (κ3) is 2.52. The Bertz CT molecular complexity index is 608. The molecule has 2 aliphatic rings. The van der Waals surface area contributed by atoms with Gasteiger partial charge >= 0.3 is 0 Å². The number of rotatable bonds is 3. The molecule has 2 unspecified atom stereocenters. The van der Waals surface area contributed by atoms with Gasteiger partial charge < -0.3 is 0 Å². The van der Waals surface area contributed by atoms with Crippen molar-refractivity contribution in [3.05, 3.63) is 42.2 Å². The van der Waals surface area contributed by atoms with E-state index in [0.29, 0.717) is 11.8 Å². The number of nitrogens with one attached hydrogen (secondary N) is 1. The summed E-state index contributed by atoms with van der Waals surface area (Å²) in [5, 5.41) is 0. The van der Waals surface area contributed by atoms with Crippen LogP contribution in [0.5, 0.6) is 0 Å². The Morgan fingerprint density at radius 2 is 1.65 bits per heavy atom.